The molecule has 1 aliphatic rings. The lowest BCUT2D eigenvalue weighted by Crippen LogP contribution is -2.31. The number of benzene rings is 1. The van der Waals surface area contributed by atoms with Gasteiger partial charge in [0, 0.05) is 24.6 Å². The number of sulfonamides is 1. The van der Waals surface area contributed by atoms with Crippen molar-refractivity contribution >= 4 is 15.7 Å². The Morgan fingerprint density at radius 2 is 2.08 bits per heavy atom. The van der Waals surface area contributed by atoms with Crippen LogP contribution in [-0.2, 0) is 10.0 Å². The van der Waals surface area contributed by atoms with Crippen molar-refractivity contribution in [1.29, 1.82) is 0 Å². The van der Waals surface area contributed by atoms with E-state index in [9.17, 15) is 18.5 Å². The monoisotopic (exact) mass is 365 g/mol. The molecule has 2 aromatic rings. The van der Waals surface area contributed by atoms with Crippen LogP contribution in [0, 0.1) is 10.1 Å². The zero-order chi connectivity index (χ0) is 18.2. The van der Waals surface area contributed by atoms with Gasteiger partial charge in [-0.25, -0.2) is 8.42 Å². The van der Waals surface area contributed by atoms with Gasteiger partial charge in [-0.15, -0.1) is 0 Å². The van der Waals surface area contributed by atoms with Gasteiger partial charge in [0.15, 0.2) is 4.90 Å². The van der Waals surface area contributed by atoms with Crippen LogP contribution in [0.2, 0.25) is 0 Å². The van der Waals surface area contributed by atoms with Crippen molar-refractivity contribution in [2.75, 3.05) is 6.54 Å². The summed E-state index contributed by atoms with van der Waals surface area (Å²) >= 11 is 0. The summed E-state index contributed by atoms with van der Waals surface area (Å²) in [6.45, 7) is 4.21. The smallest absolute Gasteiger partial charge is 0.289 e. The maximum atomic E-state index is 13.0. The van der Waals surface area contributed by atoms with Crippen molar-refractivity contribution in [1.82, 2.24) is 9.46 Å². The maximum Gasteiger partial charge on any atom is 0.289 e. The van der Waals surface area contributed by atoms with E-state index in [-0.39, 0.29) is 10.8 Å². The van der Waals surface area contributed by atoms with Crippen molar-refractivity contribution in [2.45, 2.75) is 43.5 Å². The maximum absolute atomic E-state index is 13.0. The summed E-state index contributed by atoms with van der Waals surface area (Å²) in [7, 11) is -4.01. The van der Waals surface area contributed by atoms with Gasteiger partial charge in [-0.05, 0) is 18.9 Å². The number of nitrogens with zero attached hydrogens (tertiary/aromatic N) is 3. The molecule has 0 amide bonds. The average molecular weight is 365 g/mol. The van der Waals surface area contributed by atoms with Crippen molar-refractivity contribution in [3.05, 3.63) is 51.9 Å². The topological polar surface area (TPSA) is 107 Å². The van der Waals surface area contributed by atoms with E-state index in [0.29, 0.717) is 30.8 Å². The molecule has 3 rings (SSSR count). The van der Waals surface area contributed by atoms with Gasteiger partial charge < -0.3 is 4.52 Å². The van der Waals surface area contributed by atoms with E-state index in [4.69, 9.17) is 4.52 Å². The summed E-state index contributed by atoms with van der Waals surface area (Å²) in [6, 6.07) is 6.70. The number of rotatable bonds is 5. The minimum Gasteiger partial charge on any atom is -0.361 e. The fourth-order valence-corrected chi connectivity index (χ4v) is 4.84. The second kappa shape index (κ2) is 6.57. The van der Waals surface area contributed by atoms with E-state index in [1.807, 2.05) is 13.8 Å². The predicted octanol–water partition coefficient (Wildman–Crippen LogP) is 3.23. The van der Waals surface area contributed by atoms with Crippen LogP contribution in [0.1, 0.15) is 50.1 Å². The number of nitro benzene ring substituents is 1. The van der Waals surface area contributed by atoms with E-state index >= 15 is 0 Å². The van der Waals surface area contributed by atoms with Gasteiger partial charge in [-0.1, -0.05) is 31.1 Å². The Labute approximate surface area is 145 Å². The number of para-hydroxylation sites is 1. The SMILES string of the molecule is CC(C)c1cc([C@@H]2CCCN2S(=O)(=O)c2ccccc2[N+](=O)[O-])no1. The van der Waals surface area contributed by atoms with Gasteiger partial charge in [0.05, 0.1) is 11.0 Å². The lowest BCUT2D eigenvalue weighted by atomic mass is 10.1. The largest absolute Gasteiger partial charge is 0.361 e. The Kier molecular flexibility index (Phi) is 4.61. The minimum absolute atomic E-state index is 0.142. The van der Waals surface area contributed by atoms with Crippen molar-refractivity contribution in [3.8, 4) is 0 Å². The molecule has 134 valence electrons. The van der Waals surface area contributed by atoms with Crippen LogP contribution in [0.5, 0.6) is 0 Å². The van der Waals surface area contributed by atoms with Gasteiger partial charge in [0.25, 0.3) is 15.7 Å². The standard InChI is InChI=1S/C16H19N3O5S/c1-11(2)15-10-12(17-24-15)13-7-5-9-18(13)25(22,23)16-8-4-3-6-14(16)19(20)21/h3-4,6,8,10-11,13H,5,7,9H2,1-2H3/t13-/m0/s1. The molecule has 1 fully saturated rings. The van der Waals surface area contributed by atoms with Crippen molar-refractivity contribution < 1.29 is 17.9 Å². The molecule has 1 aromatic carbocycles. The minimum atomic E-state index is -4.01. The van der Waals surface area contributed by atoms with Crippen LogP contribution >= 0.6 is 0 Å². The Balaban J connectivity index is 2.00. The quantitative estimate of drug-likeness (QED) is 0.595. The Morgan fingerprint density at radius 1 is 1.36 bits per heavy atom. The molecular weight excluding hydrogens is 346 g/mol. The molecule has 25 heavy (non-hydrogen) atoms. The van der Waals surface area contributed by atoms with Crippen molar-refractivity contribution in [2.24, 2.45) is 0 Å². The summed E-state index contributed by atoms with van der Waals surface area (Å²) in [5.74, 6) is 0.827. The van der Waals surface area contributed by atoms with Crippen LogP contribution in [0.4, 0.5) is 5.69 Å². The molecule has 0 saturated carbocycles. The first-order valence-electron chi connectivity index (χ1n) is 8.04. The van der Waals surface area contributed by atoms with E-state index < -0.39 is 26.7 Å². The molecule has 2 heterocycles. The van der Waals surface area contributed by atoms with E-state index in [0.717, 1.165) is 0 Å². The first-order valence-corrected chi connectivity index (χ1v) is 9.48. The zero-order valence-corrected chi connectivity index (χ0v) is 14.8. The second-order valence-corrected chi connectivity index (χ2v) is 8.17. The highest BCUT2D eigenvalue weighted by Crippen LogP contribution is 2.38. The molecule has 0 N–H and O–H groups in total. The Bertz CT molecular complexity index is 891. The highest BCUT2D eigenvalue weighted by molar-refractivity contribution is 7.89. The van der Waals surface area contributed by atoms with Crippen LogP contribution in [0.15, 0.2) is 39.8 Å². The molecule has 1 aromatic heterocycles. The molecule has 0 radical (unpaired) electrons. The predicted molar refractivity (Wildman–Crippen MR) is 89.6 cm³/mol. The first kappa shape index (κ1) is 17.6. The Hall–Kier alpha value is -2.26. The summed E-state index contributed by atoms with van der Waals surface area (Å²) in [6.07, 6.45) is 1.26. The number of hydrogen-bond acceptors (Lipinski definition) is 6. The highest BCUT2D eigenvalue weighted by Gasteiger charge is 2.40. The molecular formula is C16H19N3O5S. The van der Waals surface area contributed by atoms with Gasteiger partial charge in [0.2, 0.25) is 0 Å². The average Bonchev–Trinajstić information content (AvgIpc) is 3.23. The lowest BCUT2D eigenvalue weighted by Gasteiger charge is -2.22. The molecule has 0 bridgehead atoms. The molecule has 1 atom stereocenters. The summed E-state index contributed by atoms with van der Waals surface area (Å²) in [4.78, 5) is 10.2. The van der Waals surface area contributed by atoms with E-state index in [1.54, 1.807) is 6.07 Å². The molecule has 9 heteroatoms. The first-order chi connectivity index (χ1) is 11.8. The normalized spacial score (nSPS) is 18.8. The van der Waals surface area contributed by atoms with Crippen LogP contribution in [0.25, 0.3) is 0 Å². The van der Waals surface area contributed by atoms with Gasteiger partial charge in [-0.2, -0.15) is 4.31 Å². The van der Waals surface area contributed by atoms with Crippen LogP contribution < -0.4 is 0 Å². The third-order valence-electron chi connectivity index (χ3n) is 4.31. The van der Waals surface area contributed by atoms with Crippen LogP contribution in [-0.4, -0.2) is 29.3 Å². The lowest BCUT2D eigenvalue weighted by molar-refractivity contribution is -0.387. The van der Waals surface area contributed by atoms with Gasteiger partial charge >= 0.3 is 0 Å². The molecule has 0 aliphatic carbocycles. The number of hydrogen-bond donors (Lipinski definition) is 0. The third kappa shape index (κ3) is 3.16. The third-order valence-corrected chi connectivity index (χ3v) is 6.26. The van der Waals surface area contributed by atoms with Gasteiger partial charge in [-0.3, -0.25) is 10.1 Å². The van der Waals surface area contributed by atoms with Crippen molar-refractivity contribution in [3.63, 3.8) is 0 Å². The van der Waals surface area contributed by atoms with E-state index in [1.165, 1.54) is 28.6 Å². The molecule has 0 unspecified atom stereocenters. The Morgan fingerprint density at radius 3 is 2.72 bits per heavy atom. The second-order valence-electron chi connectivity index (χ2n) is 6.31. The molecule has 1 saturated heterocycles. The molecule has 1 aliphatic heterocycles. The molecule has 0 spiro atoms. The summed E-state index contributed by atoms with van der Waals surface area (Å²) < 4.78 is 32.7. The fraction of sp³-hybridized carbons (Fsp3) is 0.438. The highest BCUT2D eigenvalue weighted by atomic mass is 32.2. The van der Waals surface area contributed by atoms with Gasteiger partial charge in [0.1, 0.15) is 11.5 Å². The number of aromatic nitrogens is 1. The summed E-state index contributed by atoms with van der Waals surface area (Å²) in [5.41, 5.74) is 0.125. The number of nitro groups is 1. The summed E-state index contributed by atoms with van der Waals surface area (Å²) in [5, 5.41) is 15.2. The van der Waals surface area contributed by atoms with E-state index in [2.05, 4.69) is 5.16 Å². The fourth-order valence-electron chi connectivity index (χ4n) is 3.01. The van der Waals surface area contributed by atoms with Crippen LogP contribution in [0.3, 0.4) is 0 Å². The zero-order valence-electron chi connectivity index (χ0n) is 14.0. The molecule has 8 nitrogen and oxygen atoms in total.